The molecule has 19 heavy (non-hydrogen) atoms. The van der Waals surface area contributed by atoms with E-state index < -0.39 is 11.9 Å². The maximum absolute atomic E-state index is 11.8. The van der Waals surface area contributed by atoms with Crippen LogP contribution in [-0.2, 0) is 4.74 Å². The Bertz CT molecular complexity index is 586. The summed E-state index contributed by atoms with van der Waals surface area (Å²) in [5, 5.41) is 6.10. The van der Waals surface area contributed by atoms with Crippen LogP contribution in [0.2, 0.25) is 0 Å². The summed E-state index contributed by atoms with van der Waals surface area (Å²) < 4.78 is 9.52. The van der Waals surface area contributed by atoms with Gasteiger partial charge in [0.2, 0.25) is 0 Å². The van der Waals surface area contributed by atoms with Crippen molar-refractivity contribution in [1.82, 2.24) is 10.1 Å². The van der Waals surface area contributed by atoms with Crippen LogP contribution >= 0.6 is 0 Å². The van der Waals surface area contributed by atoms with Crippen LogP contribution in [0.1, 0.15) is 33.5 Å². The highest BCUT2D eigenvalue weighted by Crippen LogP contribution is 2.20. The maximum Gasteiger partial charge on any atom is 0.342 e. The Balaban J connectivity index is 2.21. The lowest BCUT2D eigenvalue weighted by Gasteiger charge is -2.05. The Labute approximate surface area is 108 Å². The number of ether oxygens (including phenoxy) is 1. The van der Waals surface area contributed by atoms with E-state index in [0.717, 1.165) is 0 Å². The molecule has 0 bridgehead atoms. The molecule has 0 saturated carbocycles. The fourth-order valence-corrected chi connectivity index (χ4v) is 1.61. The first-order valence-corrected chi connectivity index (χ1v) is 5.70. The molecule has 0 aromatic carbocycles. The molecular weight excluding hydrogens is 250 g/mol. The van der Waals surface area contributed by atoms with Crippen molar-refractivity contribution >= 4 is 17.6 Å². The van der Waals surface area contributed by atoms with E-state index in [0.29, 0.717) is 16.9 Å². The molecule has 2 N–H and O–H groups in total. The van der Waals surface area contributed by atoms with E-state index >= 15 is 0 Å². The Morgan fingerprint density at radius 2 is 2.32 bits per heavy atom. The van der Waals surface area contributed by atoms with Gasteiger partial charge in [0.1, 0.15) is 11.8 Å². The van der Waals surface area contributed by atoms with Crippen LogP contribution in [0.15, 0.2) is 23.0 Å². The minimum absolute atomic E-state index is 0.133. The molecule has 7 nitrogen and oxygen atoms in total. The fraction of sp³-hybridized carbons (Fsp3) is 0.250. The lowest BCUT2D eigenvalue weighted by Crippen LogP contribution is -2.15. The van der Waals surface area contributed by atoms with Crippen LogP contribution in [0.4, 0.5) is 5.69 Å². The second kappa shape index (κ2) is 5.38. The molecule has 7 heteroatoms. The third kappa shape index (κ3) is 2.65. The van der Waals surface area contributed by atoms with Crippen LogP contribution in [0.5, 0.6) is 0 Å². The van der Waals surface area contributed by atoms with E-state index in [-0.39, 0.29) is 12.3 Å². The molecule has 2 rings (SSSR count). The Morgan fingerprint density at radius 1 is 1.53 bits per heavy atom. The van der Waals surface area contributed by atoms with Gasteiger partial charge in [0.15, 0.2) is 5.69 Å². The van der Waals surface area contributed by atoms with Gasteiger partial charge in [-0.15, -0.1) is 0 Å². The highest BCUT2D eigenvalue weighted by molar-refractivity contribution is 6.07. The monoisotopic (exact) mass is 263 g/mol. The molecule has 0 saturated heterocycles. The van der Waals surface area contributed by atoms with Gasteiger partial charge in [-0.1, -0.05) is 5.16 Å². The molecule has 0 unspecified atom stereocenters. The quantitative estimate of drug-likeness (QED) is 0.819. The van der Waals surface area contributed by atoms with Crippen molar-refractivity contribution in [1.29, 1.82) is 0 Å². The Hall–Kier alpha value is -2.57. The minimum Gasteiger partial charge on any atom is -0.462 e. The normalized spacial score (nSPS) is 10.2. The average Bonchev–Trinajstić information content (AvgIpc) is 2.99. The second-order valence-corrected chi connectivity index (χ2v) is 3.76. The predicted molar refractivity (Wildman–Crippen MR) is 65.9 cm³/mol. The molecule has 100 valence electrons. The number of H-pyrrole nitrogens is 1. The lowest BCUT2D eigenvalue weighted by atomic mass is 10.2. The number of carbonyl (C=O) groups excluding carboxylic acids is 2. The number of anilines is 1. The van der Waals surface area contributed by atoms with Gasteiger partial charge in [0.05, 0.1) is 12.3 Å². The zero-order valence-corrected chi connectivity index (χ0v) is 10.5. The first-order chi connectivity index (χ1) is 9.13. The van der Waals surface area contributed by atoms with Crippen molar-refractivity contribution in [3.05, 3.63) is 35.5 Å². The standard InChI is InChI=1S/C12H13N3O4/c1-3-18-12(17)10-7(2)13-6-9(10)14-11(16)8-4-5-19-15-8/h4-6,13H,3H2,1-2H3,(H,14,16). The summed E-state index contributed by atoms with van der Waals surface area (Å²) in [7, 11) is 0. The molecule has 0 spiro atoms. The Morgan fingerprint density at radius 3 is 2.95 bits per heavy atom. The second-order valence-electron chi connectivity index (χ2n) is 3.76. The molecule has 2 aromatic heterocycles. The van der Waals surface area contributed by atoms with Gasteiger partial charge in [-0.05, 0) is 13.8 Å². The number of aromatic amines is 1. The van der Waals surface area contributed by atoms with Crippen molar-refractivity contribution in [2.24, 2.45) is 0 Å². The van der Waals surface area contributed by atoms with Gasteiger partial charge in [-0.3, -0.25) is 4.79 Å². The van der Waals surface area contributed by atoms with Gasteiger partial charge >= 0.3 is 5.97 Å². The van der Waals surface area contributed by atoms with Gasteiger partial charge in [0, 0.05) is 18.0 Å². The number of esters is 1. The number of amides is 1. The number of rotatable bonds is 4. The third-order valence-corrected chi connectivity index (χ3v) is 2.48. The molecule has 0 aliphatic rings. The molecule has 0 atom stereocenters. The molecule has 0 fully saturated rings. The fourth-order valence-electron chi connectivity index (χ4n) is 1.61. The van der Waals surface area contributed by atoms with Crippen LogP contribution in [0.25, 0.3) is 0 Å². The summed E-state index contributed by atoms with van der Waals surface area (Å²) in [6, 6.07) is 1.43. The van der Waals surface area contributed by atoms with E-state index in [9.17, 15) is 9.59 Å². The van der Waals surface area contributed by atoms with Crippen molar-refractivity contribution in [3.8, 4) is 0 Å². The van der Waals surface area contributed by atoms with E-state index in [4.69, 9.17) is 4.74 Å². The largest absolute Gasteiger partial charge is 0.462 e. The number of nitrogens with zero attached hydrogens (tertiary/aromatic N) is 1. The van der Waals surface area contributed by atoms with E-state index in [1.165, 1.54) is 18.5 Å². The summed E-state index contributed by atoms with van der Waals surface area (Å²) in [5.41, 5.74) is 1.41. The summed E-state index contributed by atoms with van der Waals surface area (Å²) in [5.74, 6) is -0.949. The van der Waals surface area contributed by atoms with E-state index in [1.54, 1.807) is 13.8 Å². The van der Waals surface area contributed by atoms with Crippen LogP contribution in [-0.4, -0.2) is 28.6 Å². The number of hydrogen-bond acceptors (Lipinski definition) is 5. The van der Waals surface area contributed by atoms with Gasteiger partial charge in [-0.2, -0.15) is 0 Å². The average molecular weight is 263 g/mol. The highest BCUT2D eigenvalue weighted by Gasteiger charge is 2.20. The van der Waals surface area contributed by atoms with Crippen molar-refractivity contribution in [2.45, 2.75) is 13.8 Å². The first-order valence-electron chi connectivity index (χ1n) is 5.70. The summed E-state index contributed by atoms with van der Waals surface area (Å²) in [6.07, 6.45) is 2.82. The molecular formula is C12H13N3O4. The van der Waals surface area contributed by atoms with Crippen LogP contribution < -0.4 is 5.32 Å². The van der Waals surface area contributed by atoms with Gasteiger partial charge < -0.3 is 19.6 Å². The minimum atomic E-state index is -0.489. The Kier molecular flexibility index (Phi) is 3.65. The molecule has 1 amide bonds. The maximum atomic E-state index is 11.8. The summed E-state index contributed by atoms with van der Waals surface area (Å²) in [4.78, 5) is 26.5. The number of aromatic nitrogens is 2. The van der Waals surface area contributed by atoms with Gasteiger partial charge in [0.25, 0.3) is 5.91 Å². The molecule has 0 radical (unpaired) electrons. The summed E-state index contributed by atoms with van der Waals surface area (Å²) >= 11 is 0. The summed E-state index contributed by atoms with van der Waals surface area (Å²) in [6.45, 7) is 3.70. The van der Waals surface area contributed by atoms with E-state index in [2.05, 4.69) is 20.0 Å². The highest BCUT2D eigenvalue weighted by atomic mass is 16.5. The zero-order valence-electron chi connectivity index (χ0n) is 10.5. The smallest absolute Gasteiger partial charge is 0.342 e. The number of aryl methyl sites for hydroxylation is 1. The molecule has 2 heterocycles. The molecule has 0 aliphatic carbocycles. The van der Waals surface area contributed by atoms with Crippen molar-refractivity contribution in [2.75, 3.05) is 11.9 Å². The molecule has 2 aromatic rings. The van der Waals surface area contributed by atoms with Crippen LogP contribution in [0, 0.1) is 6.92 Å². The first kappa shape index (κ1) is 12.9. The number of carbonyl (C=O) groups is 2. The zero-order chi connectivity index (χ0) is 13.8. The van der Waals surface area contributed by atoms with Crippen molar-refractivity contribution in [3.63, 3.8) is 0 Å². The van der Waals surface area contributed by atoms with Crippen LogP contribution in [0.3, 0.4) is 0 Å². The third-order valence-electron chi connectivity index (χ3n) is 2.48. The number of nitrogens with one attached hydrogen (secondary N) is 2. The SMILES string of the molecule is CCOC(=O)c1c(NC(=O)c2ccon2)c[nH]c1C. The predicted octanol–water partition coefficient (Wildman–Crippen LogP) is 1.74. The van der Waals surface area contributed by atoms with Crippen molar-refractivity contribution < 1.29 is 18.8 Å². The molecule has 0 aliphatic heterocycles. The van der Waals surface area contributed by atoms with Gasteiger partial charge in [-0.25, -0.2) is 4.79 Å². The lowest BCUT2D eigenvalue weighted by molar-refractivity contribution is 0.0527. The number of hydrogen-bond donors (Lipinski definition) is 2. The van der Waals surface area contributed by atoms with E-state index in [1.807, 2.05) is 0 Å². The topological polar surface area (TPSA) is 97.2 Å².